The van der Waals surface area contributed by atoms with Gasteiger partial charge in [0.25, 0.3) is 0 Å². The fourth-order valence-corrected chi connectivity index (χ4v) is 2.20. The fraction of sp³-hybridized carbons (Fsp3) is 0.111. The first-order valence-corrected chi connectivity index (χ1v) is 4.48. The van der Waals surface area contributed by atoms with Gasteiger partial charge in [-0.05, 0) is 24.4 Å². The van der Waals surface area contributed by atoms with Crippen LogP contribution in [-0.2, 0) is 0 Å². The van der Waals surface area contributed by atoms with Crippen LogP contribution in [0.1, 0.15) is 4.88 Å². The third-order valence-electron chi connectivity index (χ3n) is 1.81. The zero-order valence-electron chi connectivity index (χ0n) is 6.66. The van der Waals surface area contributed by atoms with Gasteiger partial charge in [0.2, 0.25) is 0 Å². The van der Waals surface area contributed by atoms with Crippen molar-refractivity contribution in [1.29, 1.82) is 0 Å². The van der Waals surface area contributed by atoms with E-state index in [4.69, 9.17) is 5.73 Å². The number of fused-ring (bicyclic) bond motifs is 1. The van der Waals surface area contributed by atoms with E-state index in [1.54, 1.807) is 17.4 Å². The Hall–Kier alpha value is -1.22. The molecular formula is C9H9NOS. The molecule has 0 bridgehead atoms. The van der Waals surface area contributed by atoms with Crippen LogP contribution >= 0.6 is 11.3 Å². The summed E-state index contributed by atoms with van der Waals surface area (Å²) < 4.78 is 0.882. The lowest BCUT2D eigenvalue weighted by molar-refractivity contribution is 0.485. The number of phenolic OH excluding ortho intramolecular Hbond substituents is 1. The second kappa shape index (κ2) is 2.38. The summed E-state index contributed by atoms with van der Waals surface area (Å²) in [6.07, 6.45) is 0. The maximum Gasteiger partial charge on any atom is 0.156 e. The molecule has 1 heterocycles. The van der Waals surface area contributed by atoms with Crippen molar-refractivity contribution in [2.75, 3.05) is 5.73 Å². The summed E-state index contributed by atoms with van der Waals surface area (Å²) in [5.74, 6) is 0.214. The highest BCUT2D eigenvalue weighted by Crippen LogP contribution is 2.36. The molecule has 3 heteroatoms. The molecule has 0 atom stereocenters. The highest BCUT2D eigenvalue weighted by Gasteiger charge is 2.05. The first-order chi connectivity index (χ1) is 5.68. The average molecular weight is 179 g/mol. The third kappa shape index (κ3) is 0.940. The molecule has 0 radical (unpaired) electrons. The van der Waals surface area contributed by atoms with Crippen LogP contribution in [0.4, 0.5) is 5.69 Å². The SMILES string of the molecule is Cc1cc2ccc(N)c(O)c2s1. The molecule has 12 heavy (non-hydrogen) atoms. The Balaban J connectivity index is 2.89. The summed E-state index contributed by atoms with van der Waals surface area (Å²) >= 11 is 1.56. The van der Waals surface area contributed by atoms with Gasteiger partial charge >= 0.3 is 0 Å². The average Bonchev–Trinajstić information content (AvgIpc) is 2.39. The van der Waals surface area contributed by atoms with Gasteiger partial charge in [0.15, 0.2) is 5.75 Å². The molecule has 0 saturated heterocycles. The number of hydrogen-bond donors (Lipinski definition) is 2. The number of rotatable bonds is 0. The summed E-state index contributed by atoms with van der Waals surface area (Å²) in [4.78, 5) is 1.19. The molecule has 0 aliphatic carbocycles. The van der Waals surface area contributed by atoms with Crippen molar-refractivity contribution in [2.45, 2.75) is 6.92 Å². The van der Waals surface area contributed by atoms with E-state index in [1.807, 2.05) is 19.1 Å². The highest BCUT2D eigenvalue weighted by molar-refractivity contribution is 7.19. The standard InChI is InChI=1S/C9H9NOS/c1-5-4-6-2-3-7(10)8(11)9(6)12-5/h2-4,11H,10H2,1H3. The molecule has 1 aromatic heterocycles. The minimum absolute atomic E-state index is 0.214. The second-order valence-corrected chi connectivity index (χ2v) is 4.04. The van der Waals surface area contributed by atoms with Crippen molar-refractivity contribution in [1.82, 2.24) is 0 Å². The van der Waals surface area contributed by atoms with Crippen LogP contribution in [0, 0.1) is 6.92 Å². The lowest BCUT2D eigenvalue weighted by Gasteiger charge is -1.97. The maximum absolute atomic E-state index is 9.56. The van der Waals surface area contributed by atoms with E-state index in [0.29, 0.717) is 5.69 Å². The molecule has 1 aromatic carbocycles. The number of benzene rings is 1. The van der Waals surface area contributed by atoms with Gasteiger partial charge in [0.05, 0.1) is 10.4 Å². The number of hydrogen-bond acceptors (Lipinski definition) is 3. The summed E-state index contributed by atoms with van der Waals surface area (Å²) in [5, 5.41) is 10.6. The molecule has 0 spiro atoms. The lowest BCUT2D eigenvalue weighted by Crippen LogP contribution is -1.83. The van der Waals surface area contributed by atoms with Gasteiger partial charge < -0.3 is 10.8 Å². The molecule has 0 amide bonds. The molecule has 0 fully saturated rings. The topological polar surface area (TPSA) is 46.2 Å². The molecule has 2 aromatic rings. The Morgan fingerprint density at radius 1 is 1.42 bits per heavy atom. The Morgan fingerprint density at radius 2 is 2.17 bits per heavy atom. The van der Waals surface area contributed by atoms with Crippen molar-refractivity contribution in [3.63, 3.8) is 0 Å². The monoisotopic (exact) mass is 179 g/mol. The number of aromatic hydroxyl groups is 1. The number of thiophene rings is 1. The minimum Gasteiger partial charge on any atom is -0.504 e. The van der Waals surface area contributed by atoms with Crippen LogP contribution in [0.3, 0.4) is 0 Å². The van der Waals surface area contributed by atoms with Crippen LogP contribution in [0.2, 0.25) is 0 Å². The molecular weight excluding hydrogens is 170 g/mol. The van der Waals surface area contributed by atoms with Gasteiger partial charge in [-0.1, -0.05) is 6.07 Å². The molecule has 0 saturated carbocycles. The van der Waals surface area contributed by atoms with Crippen LogP contribution < -0.4 is 5.73 Å². The number of nitrogen functional groups attached to an aromatic ring is 1. The Kier molecular flexibility index (Phi) is 1.48. The molecule has 3 N–H and O–H groups in total. The van der Waals surface area contributed by atoms with E-state index in [-0.39, 0.29) is 5.75 Å². The number of aryl methyl sites for hydroxylation is 1. The number of phenols is 1. The van der Waals surface area contributed by atoms with E-state index in [9.17, 15) is 5.11 Å². The number of nitrogens with two attached hydrogens (primary N) is 1. The molecule has 62 valence electrons. The number of anilines is 1. The predicted molar refractivity (Wildman–Crippen MR) is 52.6 cm³/mol. The van der Waals surface area contributed by atoms with E-state index in [0.717, 1.165) is 10.1 Å². The predicted octanol–water partition coefficient (Wildman–Crippen LogP) is 2.50. The van der Waals surface area contributed by atoms with Gasteiger partial charge in [-0.25, -0.2) is 0 Å². The first kappa shape index (κ1) is 7.43. The Morgan fingerprint density at radius 3 is 2.92 bits per heavy atom. The highest BCUT2D eigenvalue weighted by atomic mass is 32.1. The molecule has 0 aliphatic heterocycles. The van der Waals surface area contributed by atoms with Gasteiger partial charge in [-0.3, -0.25) is 0 Å². The van der Waals surface area contributed by atoms with Crippen molar-refractivity contribution >= 4 is 27.1 Å². The van der Waals surface area contributed by atoms with Gasteiger partial charge in [-0.2, -0.15) is 0 Å². The van der Waals surface area contributed by atoms with Crippen molar-refractivity contribution in [3.05, 3.63) is 23.1 Å². The van der Waals surface area contributed by atoms with Gasteiger partial charge in [-0.15, -0.1) is 11.3 Å². The fourth-order valence-electron chi connectivity index (χ4n) is 1.23. The minimum atomic E-state index is 0.214. The third-order valence-corrected chi connectivity index (χ3v) is 2.89. The Bertz CT molecular complexity index is 433. The van der Waals surface area contributed by atoms with E-state index in [1.165, 1.54) is 4.88 Å². The van der Waals surface area contributed by atoms with Gasteiger partial charge in [0, 0.05) is 4.88 Å². The summed E-state index contributed by atoms with van der Waals surface area (Å²) in [6, 6.07) is 5.69. The molecule has 0 aliphatic rings. The Labute approximate surface area is 74.3 Å². The smallest absolute Gasteiger partial charge is 0.156 e. The maximum atomic E-state index is 9.56. The zero-order valence-corrected chi connectivity index (χ0v) is 7.48. The quantitative estimate of drug-likeness (QED) is 0.482. The zero-order chi connectivity index (χ0) is 8.72. The van der Waals surface area contributed by atoms with Gasteiger partial charge in [0.1, 0.15) is 0 Å². The van der Waals surface area contributed by atoms with E-state index in [2.05, 4.69) is 0 Å². The van der Waals surface area contributed by atoms with Crippen molar-refractivity contribution in [3.8, 4) is 5.75 Å². The molecule has 2 nitrogen and oxygen atoms in total. The summed E-state index contributed by atoms with van der Waals surface area (Å²) in [6.45, 7) is 2.01. The van der Waals surface area contributed by atoms with Crippen molar-refractivity contribution in [2.24, 2.45) is 0 Å². The summed E-state index contributed by atoms with van der Waals surface area (Å²) in [5.41, 5.74) is 6.00. The van der Waals surface area contributed by atoms with Crippen molar-refractivity contribution < 1.29 is 5.11 Å². The second-order valence-electron chi connectivity index (χ2n) is 2.78. The summed E-state index contributed by atoms with van der Waals surface area (Å²) in [7, 11) is 0. The largest absolute Gasteiger partial charge is 0.504 e. The van der Waals surface area contributed by atoms with E-state index >= 15 is 0 Å². The molecule has 2 rings (SSSR count). The van der Waals surface area contributed by atoms with Crippen LogP contribution in [0.15, 0.2) is 18.2 Å². The first-order valence-electron chi connectivity index (χ1n) is 3.66. The van der Waals surface area contributed by atoms with Crippen LogP contribution in [0.5, 0.6) is 5.75 Å². The van der Waals surface area contributed by atoms with E-state index < -0.39 is 0 Å². The van der Waals surface area contributed by atoms with Crippen LogP contribution in [0.25, 0.3) is 10.1 Å². The molecule has 0 unspecified atom stereocenters. The lowest BCUT2D eigenvalue weighted by atomic mass is 10.2. The normalized spacial score (nSPS) is 10.8. The van der Waals surface area contributed by atoms with Crippen LogP contribution in [-0.4, -0.2) is 5.11 Å².